The fraction of sp³-hybridized carbons (Fsp3) is 0.167. The van der Waals surface area contributed by atoms with Crippen molar-refractivity contribution in [3.63, 3.8) is 0 Å². The monoisotopic (exact) mass is 417 g/mol. The Morgan fingerprint density at radius 3 is 2.87 bits per heavy atom. The van der Waals surface area contributed by atoms with Gasteiger partial charge >= 0.3 is 0 Å². The van der Waals surface area contributed by atoms with Gasteiger partial charge in [0.05, 0.1) is 22.5 Å². The molecule has 0 unspecified atom stereocenters. The highest BCUT2D eigenvalue weighted by atomic mass is 32.1. The summed E-state index contributed by atoms with van der Waals surface area (Å²) >= 11 is 1.64. The second kappa shape index (κ2) is 9.07. The summed E-state index contributed by atoms with van der Waals surface area (Å²) in [5, 5.41) is 5.88. The average molecular weight is 418 g/mol. The molecule has 152 valence electrons. The van der Waals surface area contributed by atoms with Gasteiger partial charge in [0.1, 0.15) is 0 Å². The first-order valence-electron chi connectivity index (χ1n) is 9.76. The fourth-order valence-corrected chi connectivity index (χ4v) is 4.05. The van der Waals surface area contributed by atoms with Gasteiger partial charge in [-0.3, -0.25) is 9.78 Å². The van der Waals surface area contributed by atoms with Crippen LogP contribution in [0.3, 0.4) is 0 Å². The van der Waals surface area contributed by atoms with Gasteiger partial charge in [0.15, 0.2) is 0 Å². The molecule has 0 aliphatic rings. The molecule has 6 heteroatoms. The number of aryl methyl sites for hydroxylation is 1. The first-order chi connectivity index (χ1) is 14.6. The van der Waals surface area contributed by atoms with Crippen LogP contribution in [0.15, 0.2) is 66.2 Å². The number of benzene rings is 2. The van der Waals surface area contributed by atoms with Crippen LogP contribution in [-0.4, -0.2) is 24.6 Å². The summed E-state index contributed by atoms with van der Waals surface area (Å²) < 4.78 is 5.11. The van der Waals surface area contributed by atoms with Gasteiger partial charge in [-0.1, -0.05) is 24.3 Å². The molecule has 0 spiro atoms. The lowest BCUT2D eigenvalue weighted by Gasteiger charge is -2.11. The summed E-state index contributed by atoms with van der Waals surface area (Å²) in [6, 6.07) is 17.7. The first kappa shape index (κ1) is 20.1. The van der Waals surface area contributed by atoms with E-state index >= 15 is 0 Å². The minimum absolute atomic E-state index is 0.233. The van der Waals surface area contributed by atoms with E-state index in [1.54, 1.807) is 24.6 Å². The number of hydrogen-bond donors (Lipinski definition) is 2. The van der Waals surface area contributed by atoms with E-state index in [0.717, 1.165) is 40.8 Å². The Balaban J connectivity index is 1.53. The zero-order valence-corrected chi connectivity index (χ0v) is 17.5. The van der Waals surface area contributed by atoms with Crippen molar-refractivity contribution in [1.29, 1.82) is 0 Å². The molecule has 5 nitrogen and oxygen atoms in total. The number of rotatable bonds is 7. The zero-order chi connectivity index (χ0) is 20.9. The molecule has 0 bridgehead atoms. The van der Waals surface area contributed by atoms with Gasteiger partial charge in [-0.05, 0) is 59.7 Å². The van der Waals surface area contributed by atoms with Gasteiger partial charge in [-0.2, -0.15) is 0 Å². The van der Waals surface area contributed by atoms with Crippen LogP contribution in [0.1, 0.15) is 22.3 Å². The molecule has 0 radical (unpaired) electrons. The van der Waals surface area contributed by atoms with Crippen molar-refractivity contribution in [3.8, 4) is 10.4 Å². The number of nitrogen functional groups attached to an aromatic ring is 1. The van der Waals surface area contributed by atoms with Crippen molar-refractivity contribution in [3.05, 3.63) is 77.3 Å². The van der Waals surface area contributed by atoms with Crippen molar-refractivity contribution in [2.75, 3.05) is 24.8 Å². The minimum atomic E-state index is -0.233. The number of aromatic nitrogens is 1. The highest BCUT2D eigenvalue weighted by Gasteiger charge is 2.11. The highest BCUT2D eigenvalue weighted by molar-refractivity contribution is 7.13. The first-order valence-corrected chi connectivity index (χ1v) is 10.6. The molecule has 2 aromatic carbocycles. The highest BCUT2D eigenvalue weighted by Crippen LogP contribution is 2.30. The molecule has 0 fully saturated rings. The molecule has 0 saturated heterocycles. The average Bonchev–Trinajstić information content (AvgIpc) is 3.30. The van der Waals surface area contributed by atoms with Crippen molar-refractivity contribution in [2.45, 2.75) is 12.8 Å². The van der Waals surface area contributed by atoms with Crippen LogP contribution >= 0.6 is 11.3 Å². The van der Waals surface area contributed by atoms with Gasteiger partial charge < -0.3 is 15.8 Å². The van der Waals surface area contributed by atoms with E-state index < -0.39 is 0 Å². The molecular formula is C24H23N3O2S. The number of nitrogens with one attached hydrogen (secondary N) is 1. The standard InChI is InChI=1S/C24H23N3O2S/c1-29-10-2-4-16-6-7-17-13-19(15-26-21(17)12-16)24(28)27-22-14-18(8-9-20(22)25)23-5-3-11-30-23/h3,5-9,11-15H,2,4,10,25H2,1H3,(H,27,28). The summed E-state index contributed by atoms with van der Waals surface area (Å²) in [5.74, 6) is -0.233. The number of hydrogen-bond acceptors (Lipinski definition) is 5. The SMILES string of the molecule is COCCCc1ccc2cc(C(=O)Nc3cc(-c4cccs4)ccc3N)cnc2c1. The van der Waals surface area contributed by atoms with Crippen LogP contribution in [0, 0.1) is 0 Å². The van der Waals surface area contributed by atoms with Crippen molar-refractivity contribution in [1.82, 2.24) is 4.98 Å². The summed E-state index contributed by atoms with van der Waals surface area (Å²) in [4.78, 5) is 18.4. The number of nitrogens with zero attached hydrogens (tertiary/aromatic N) is 1. The molecule has 30 heavy (non-hydrogen) atoms. The van der Waals surface area contributed by atoms with Crippen molar-refractivity contribution >= 4 is 39.5 Å². The third kappa shape index (κ3) is 4.50. The quantitative estimate of drug-likeness (QED) is 0.313. The third-order valence-electron chi connectivity index (χ3n) is 4.93. The zero-order valence-electron chi connectivity index (χ0n) is 16.7. The van der Waals surface area contributed by atoms with Crippen LogP contribution in [-0.2, 0) is 11.2 Å². The van der Waals surface area contributed by atoms with Crippen LogP contribution in [0.2, 0.25) is 0 Å². The Kier molecular flexibility index (Phi) is 6.07. The molecule has 1 amide bonds. The Morgan fingerprint density at radius 1 is 1.17 bits per heavy atom. The number of thiophene rings is 1. The third-order valence-corrected chi connectivity index (χ3v) is 5.85. The molecule has 3 N–H and O–H groups in total. The summed E-state index contributed by atoms with van der Waals surface area (Å²) in [6.45, 7) is 0.737. The molecular weight excluding hydrogens is 394 g/mol. The van der Waals surface area contributed by atoms with E-state index in [-0.39, 0.29) is 5.91 Å². The molecule has 4 rings (SSSR count). The van der Waals surface area contributed by atoms with Crippen LogP contribution in [0.4, 0.5) is 11.4 Å². The molecule has 0 aliphatic carbocycles. The number of amides is 1. The van der Waals surface area contributed by atoms with Gasteiger partial charge in [-0.15, -0.1) is 11.3 Å². The normalized spacial score (nSPS) is 11.0. The fourth-order valence-electron chi connectivity index (χ4n) is 3.32. The number of pyridine rings is 1. The smallest absolute Gasteiger partial charge is 0.257 e. The number of anilines is 2. The molecule has 4 aromatic rings. The lowest BCUT2D eigenvalue weighted by molar-refractivity contribution is 0.102. The number of ether oxygens (including phenoxy) is 1. The number of carbonyl (C=O) groups excluding carboxylic acids is 1. The van der Waals surface area contributed by atoms with Crippen LogP contribution in [0.25, 0.3) is 21.3 Å². The van der Waals surface area contributed by atoms with Crippen LogP contribution < -0.4 is 11.1 Å². The predicted octanol–water partition coefficient (Wildman–Crippen LogP) is 5.38. The summed E-state index contributed by atoms with van der Waals surface area (Å²) in [5.41, 5.74) is 10.8. The van der Waals surface area contributed by atoms with Gasteiger partial charge in [-0.25, -0.2) is 0 Å². The lowest BCUT2D eigenvalue weighted by atomic mass is 10.1. The summed E-state index contributed by atoms with van der Waals surface area (Å²) in [6.07, 6.45) is 3.51. The molecule has 0 atom stereocenters. The maximum absolute atomic E-state index is 12.8. The Morgan fingerprint density at radius 2 is 2.07 bits per heavy atom. The van der Waals surface area contributed by atoms with E-state index in [1.165, 1.54) is 5.56 Å². The van der Waals surface area contributed by atoms with E-state index in [4.69, 9.17) is 10.5 Å². The molecule has 2 aromatic heterocycles. The van der Waals surface area contributed by atoms with Gasteiger partial charge in [0.25, 0.3) is 5.91 Å². The second-order valence-electron chi connectivity index (χ2n) is 7.08. The van der Waals surface area contributed by atoms with E-state index in [0.29, 0.717) is 16.9 Å². The topological polar surface area (TPSA) is 77.2 Å². The number of fused-ring (bicyclic) bond motifs is 1. The number of carbonyl (C=O) groups is 1. The maximum atomic E-state index is 12.8. The number of methoxy groups -OCH3 is 1. The van der Waals surface area contributed by atoms with E-state index in [9.17, 15) is 4.79 Å². The van der Waals surface area contributed by atoms with Crippen LogP contribution in [0.5, 0.6) is 0 Å². The molecule has 0 saturated carbocycles. The maximum Gasteiger partial charge on any atom is 0.257 e. The Labute approximate surface area is 179 Å². The number of nitrogens with two attached hydrogens (primary N) is 1. The second-order valence-corrected chi connectivity index (χ2v) is 8.03. The summed E-state index contributed by atoms with van der Waals surface area (Å²) in [7, 11) is 1.71. The van der Waals surface area contributed by atoms with E-state index in [1.807, 2.05) is 47.8 Å². The van der Waals surface area contributed by atoms with Gasteiger partial charge in [0.2, 0.25) is 0 Å². The molecule has 2 heterocycles. The van der Waals surface area contributed by atoms with E-state index in [2.05, 4.69) is 22.4 Å². The van der Waals surface area contributed by atoms with Crippen molar-refractivity contribution in [2.24, 2.45) is 0 Å². The van der Waals surface area contributed by atoms with Crippen molar-refractivity contribution < 1.29 is 9.53 Å². The largest absolute Gasteiger partial charge is 0.397 e. The lowest BCUT2D eigenvalue weighted by Crippen LogP contribution is -2.13. The Hall–Kier alpha value is -3.22. The van der Waals surface area contributed by atoms with Gasteiger partial charge in [0, 0.05) is 30.2 Å². The minimum Gasteiger partial charge on any atom is -0.397 e. The Bertz CT molecular complexity index is 1170. The predicted molar refractivity (Wildman–Crippen MR) is 124 cm³/mol. The molecule has 0 aliphatic heterocycles.